The van der Waals surface area contributed by atoms with Crippen LogP contribution in [0.2, 0.25) is 0 Å². The molecule has 0 aromatic rings. The minimum absolute atomic E-state index is 0.889. The monoisotopic (exact) mass is 181 g/mol. The predicted octanol–water partition coefficient (Wildman–Crippen LogP) is 1.23. The molecule has 0 aromatic heterocycles. The van der Waals surface area contributed by atoms with Gasteiger partial charge in [0.1, 0.15) is 0 Å². The van der Waals surface area contributed by atoms with Gasteiger partial charge < -0.3 is 10.2 Å². The number of hydrogen-bond donors (Lipinski definition) is 1. The summed E-state index contributed by atoms with van der Waals surface area (Å²) in [5, 5.41) is 2.97. The average Bonchev–Trinajstić information content (AvgIpc) is 2.55. The molecule has 1 rings (SSSR count). The number of nitrogens with one attached hydrogen (secondary N) is 1. The highest BCUT2D eigenvalue weighted by molar-refractivity contribution is 5.56. The molecule has 1 N–H and O–H groups in total. The fraction of sp³-hybridized carbons (Fsp3) is 0.700. The first-order valence-corrected chi connectivity index (χ1v) is 4.92. The summed E-state index contributed by atoms with van der Waals surface area (Å²) in [7, 11) is 0. The van der Waals surface area contributed by atoms with Crippen LogP contribution in [0.3, 0.4) is 0 Å². The molecule has 0 unspecified atom stereocenters. The lowest BCUT2D eigenvalue weighted by atomic mass is 10.4. The Balaban J connectivity index is 1.99. The molecule has 0 aromatic carbocycles. The molecule has 0 amide bonds. The van der Waals surface area contributed by atoms with Crippen LogP contribution in [-0.2, 0) is 0 Å². The Kier molecular flexibility index (Phi) is 4.54. The molecule has 0 bridgehead atoms. The Hall–Kier alpha value is -0.830. The summed E-state index contributed by atoms with van der Waals surface area (Å²) in [6, 6.07) is 0. The smallest absolute Gasteiger partial charge is 0.0865 e. The molecule has 3 heteroatoms. The highest BCUT2D eigenvalue weighted by Crippen LogP contribution is 2.05. The first-order chi connectivity index (χ1) is 6.29. The molecule has 0 saturated carbocycles. The van der Waals surface area contributed by atoms with E-state index in [1.165, 1.54) is 25.9 Å². The molecule has 1 fully saturated rings. The SMILES string of the molecule is C=C(C)NC=NCCN1CCCC1. The Morgan fingerprint density at radius 2 is 2.23 bits per heavy atom. The van der Waals surface area contributed by atoms with Crippen LogP contribution in [-0.4, -0.2) is 37.4 Å². The predicted molar refractivity (Wildman–Crippen MR) is 57.0 cm³/mol. The third kappa shape index (κ3) is 4.68. The highest BCUT2D eigenvalue weighted by Gasteiger charge is 2.09. The standard InChI is InChI=1S/C10H19N3/c1-10(2)12-9-11-5-8-13-6-3-4-7-13/h9H,1,3-8H2,2H3,(H,11,12). The van der Waals surface area contributed by atoms with Crippen molar-refractivity contribution in [2.45, 2.75) is 19.8 Å². The second kappa shape index (κ2) is 5.75. The van der Waals surface area contributed by atoms with Gasteiger partial charge in [-0.1, -0.05) is 6.58 Å². The minimum atomic E-state index is 0.889. The van der Waals surface area contributed by atoms with Crippen molar-refractivity contribution in [1.82, 2.24) is 10.2 Å². The quantitative estimate of drug-likeness (QED) is 0.510. The van der Waals surface area contributed by atoms with Gasteiger partial charge >= 0.3 is 0 Å². The van der Waals surface area contributed by atoms with Gasteiger partial charge in [0.25, 0.3) is 0 Å². The molecule has 0 aliphatic carbocycles. The first kappa shape index (κ1) is 10.3. The van der Waals surface area contributed by atoms with Gasteiger partial charge in [-0.15, -0.1) is 0 Å². The molecule has 74 valence electrons. The highest BCUT2D eigenvalue weighted by atomic mass is 15.1. The van der Waals surface area contributed by atoms with Gasteiger partial charge in [-0.05, 0) is 32.9 Å². The molecular formula is C10H19N3. The lowest BCUT2D eigenvalue weighted by Crippen LogP contribution is -2.22. The Morgan fingerprint density at radius 3 is 2.85 bits per heavy atom. The molecule has 0 atom stereocenters. The van der Waals surface area contributed by atoms with Crippen LogP contribution >= 0.6 is 0 Å². The summed E-state index contributed by atoms with van der Waals surface area (Å²) in [5.74, 6) is 0. The summed E-state index contributed by atoms with van der Waals surface area (Å²) < 4.78 is 0. The third-order valence-corrected chi connectivity index (χ3v) is 2.15. The second-order valence-corrected chi connectivity index (χ2v) is 3.51. The van der Waals surface area contributed by atoms with Crippen LogP contribution in [0.25, 0.3) is 0 Å². The van der Waals surface area contributed by atoms with E-state index in [-0.39, 0.29) is 0 Å². The third-order valence-electron chi connectivity index (χ3n) is 2.15. The molecule has 13 heavy (non-hydrogen) atoms. The van der Waals surface area contributed by atoms with Gasteiger partial charge in [0, 0.05) is 12.2 Å². The number of nitrogens with zero attached hydrogens (tertiary/aromatic N) is 2. The maximum Gasteiger partial charge on any atom is 0.0865 e. The summed E-state index contributed by atoms with van der Waals surface area (Å²) >= 11 is 0. The molecular weight excluding hydrogens is 162 g/mol. The molecule has 0 spiro atoms. The second-order valence-electron chi connectivity index (χ2n) is 3.51. The fourth-order valence-electron chi connectivity index (χ4n) is 1.43. The average molecular weight is 181 g/mol. The van der Waals surface area contributed by atoms with Crippen LogP contribution in [0, 0.1) is 0 Å². The van der Waals surface area contributed by atoms with E-state index >= 15 is 0 Å². The van der Waals surface area contributed by atoms with Gasteiger partial charge in [0.15, 0.2) is 0 Å². The van der Waals surface area contributed by atoms with Crippen LogP contribution in [0.4, 0.5) is 0 Å². The lowest BCUT2D eigenvalue weighted by Gasteiger charge is -2.11. The molecule has 1 aliphatic heterocycles. The molecule has 0 radical (unpaired) electrons. The van der Waals surface area contributed by atoms with Crippen molar-refractivity contribution in [3.8, 4) is 0 Å². The molecule has 1 saturated heterocycles. The molecule has 1 heterocycles. The van der Waals surface area contributed by atoms with Gasteiger partial charge in [0.05, 0.1) is 12.9 Å². The van der Waals surface area contributed by atoms with Crippen LogP contribution in [0.15, 0.2) is 17.3 Å². The van der Waals surface area contributed by atoms with E-state index < -0.39 is 0 Å². The summed E-state index contributed by atoms with van der Waals surface area (Å²) in [5.41, 5.74) is 0.935. The van der Waals surface area contributed by atoms with E-state index in [0.717, 1.165) is 18.8 Å². The van der Waals surface area contributed by atoms with Crippen molar-refractivity contribution >= 4 is 6.34 Å². The fourth-order valence-corrected chi connectivity index (χ4v) is 1.43. The van der Waals surface area contributed by atoms with Gasteiger partial charge in [-0.2, -0.15) is 0 Å². The normalized spacial score (nSPS) is 18.2. The van der Waals surface area contributed by atoms with Crippen molar-refractivity contribution in [1.29, 1.82) is 0 Å². The number of rotatable bonds is 5. The van der Waals surface area contributed by atoms with Gasteiger partial charge in [0.2, 0.25) is 0 Å². The minimum Gasteiger partial charge on any atom is -0.351 e. The van der Waals surface area contributed by atoms with E-state index in [1.807, 2.05) is 6.92 Å². The maximum absolute atomic E-state index is 4.24. The zero-order chi connectivity index (χ0) is 9.52. The van der Waals surface area contributed by atoms with Crippen molar-refractivity contribution in [3.05, 3.63) is 12.3 Å². The topological polar surface area (TPSA) is 27.6 Å². The number of hydrogen-bond acceptors (Lipinski definition) is 2. The van der Waals surface area contributed by atoms with Gasteiger partial charge in [-0.3, -0.25) is 4.99 Å². The summed E-state index contributed by atoms with van der Waals surface area (Å²) in [6.45, 7) is 10.1. The maximum atomic E-state index is 4.24. The summed E-state index contributed by atoms with van der Waals surface area (Å²) in [6.07, 6.45) is 4.44. The zero-order valence-electron chi connectivity index (χ0n) is 8.42. The zero-order valence-corrected chi connectivity index (χ0v) is 8.42. The Morgan fingerprint density at radius 1 is 1.54 bits per heavy atom. The number of allylic oxidation sites excluding steroid dienone is 1. The first-order valence-electron chi connectivity index (χ1n) is 4.92. The Labute approximate surface area is 80.5 Å². The number of aliphatic imine (C=N–C) groups is 1. The van der Waals surface area contributed by atoms with E-state index in [4.69, 9.17) is 0 Å². The van der Waals surface area contributed by atoms with Crippen LogP contribution < -0.4 is 5.32 Å². The molecule has 1 aliphatic rings. The van der Waals surface area contributed by atoms with Gasteiger partial charge in [-0.25, -0.2) is 0 Å². The lowest BCUT2D eigenvalue weighted by molar-refractivity contribution is 0.349. The molecule has 3 nitrogen and oxygen atoms in total. The van der Waals surface area contributed by atoms with Crippen molar-refractivity contribution < 1.29 is 0 Å². The summed E-state index contributed by atoms with van der Waals surface area (Å²) in [4.78, 5) is 6.69. The van der Waals surface area contributed by atoms with E-state index in [0.29, 0.717) is 0 Å². The van der Waals surface area contributed by atoms with Crippen LogP contribution in [0.5, 0.6) is 0 Å². The number of likely N-dealkylation sites (tertiary alicyclic amines) is 1. The van der Waals surface area contributed by atoms with Crippen LogP contribution in [0.1, 0.15) is 19.8 Å². The van der Waals surface area contributed by atoms with Crippen molar-refractivity contribution in [3.63, 3.8) is 0 Å². The van der Waals surface area contributed by atoms with Crippen molar-refractivity contribution in [2.24, 2.45) is 4.99 Å². The van der Waals surface area contributed by atoms with E-state index in [1.54, 1.807) is 6.34 Å². The van der Waals surface area contributed by atoms with E-state index in [2.05, 4.69) is 21.8 Å². The largest absolute Gasteiger partial charge is 0.351 e. The van der Waals surface area contributed by atoms with E-state index in [9.17, 15) is 0 Å². The van der Waals surface area contributed by atoms with Crippen molar-refractivity contribution in [2.75, 3.05) is 26.2 Å². The Bertz CT molecular complexity index is 181.